The first kappa shape index (κ1) is 12.3. The molecule has 2 aliphatic rings. The Kier molecular flexibility index (Phi) is 4.98. The molecule has 0 saturated carbocycles. The molecule has 0 saturated heterocycles. The first-order valence-electron chi connectivity index (χ1n) is 2.32. The van der Waals surface area contributed by atoms with Crippen molar-refractivity contribution in [2.45, 2.75) is 0 Å². The van der Waals surface area contributed by atoms with Gasteiger partial charge < -0.3 is 0 Å². The molecule has 53 valence electrons. The summed E-state index contributed by atoms with van der Waals surface area (Å²) in [6, 6.07) is 0. The second kappa shape index (κ2) is 4.45. The molecule has 6 heteroatoms. The molecule has 0 aromatic rings. The normalized spacial score (nSPS) is 15.3. The Labute approximate surface area is 64.6 Å². The number of azo groups is 1. The van der Waals surface area contributed by atoms with Crippen LogP contribution in [-0.4, -0.2) is 6.21 Å². The molecule has 0 bridgehead atoms. The van der Waals surface area contributed by atoms with Gasteiger partial charge in [-0.15, -0.1) is 5.11 Å². The zero-order valence-electron chi connectivity index (χ0n) is 5.42. The van der Waals surface area contributed by atoms with Gasteiger partial charge in [-0.1, -0.05) is 0 Å². The first-order chi connectivity index (χ1) is 3.97. The molecule has 0 aromatic heterocycles. The SMILES string of the molecule is C1=NC2=CN=NC2=C1.[N].[N].[N]. The van der Waals surface area contributed by atoms with E-state index >= 15 is 0 Å². The minimum atomic E-state index is 0. The van der Waals surface area contributed by atoms with E-state index in [0.29, 0.717) is 0 Å². The Morgan fingerprint density at radius 1 is 1.00 bits per heavy atom. The lowest BCUT2D eigenvalue weighted by atomic mass is 10.4. The molecule has 6 nitrogen and oxygen atoms in total. The molecule has 0 aromatic carbocycles. The van der Waals surface area contributed by atoms with Crippen LogP contribution in [0.25, 0.3) is 0 Å². The number of hydrogen-bond acceptors (Lipinski definition) is 3. The maximum absolute atomic E-state index is 3.95. The second-order valence-electron chi connectivity index (χ2n) is 1.56. The number of aliphatic imine (C=N–C) groups is 1. The lowest BCUT2D eigenvalue weighted by Gasteiger charge is -1.79. The van der Waals surface area contributed by atoms with Gasteiger partial charge in [0.15, 0.2) is 0 Å². The van der Waals surface area contributed by atoms with Crippen LogP contribution in [0.2, 0.25) is 0 Å². The van der Waals surface area contributed by atoms with E-state index in [0.717, 1.165) is 11.4 Å². The predicted molar refractivity (Wildman–Crippen MR) is 35.9 cm³/mol. The molecule has 11 heavy (non-hydrogen) atoms. The van der Waals surface area contributed by atoms with Crippen molar-refractivity contribution in [1.82, 2.24) is 18.5 Å². The Morgan fingerprint density at radius 3 is 2.36 bits per heavy atom. The minimum absolute atomic E-state index is 0. The van der Waals surface area contributed by atoms with E-state index in [-0.39, 0.29) is 18.5 Å². The maximum Gasteiger partial charge on any atom is 0.114 e. The van der Waals surface area contributed by atoms with E-state index in [1.165, 1.54) is 0 Å². The minimum Gasteiger partial charge on any atom is -0.253 e. The van der Waals surface area contributed by atoms with Gasteiger partial charge in [0.1, 0.15) is 11.4 Å². The summed E-state index contributed by atoms with van der Waals surface area (Å²) in [6.45, 7) is 0. The van der Waals surface area contributed by atoms with Gasteiger partial charge >= 0.3 is 0 Å². The average Bonchev–Trinajstić information content (AvgIpc) is 2.15. The largest absolute Gasteiger partial charge is 0.253 e. The summed E-state index contributed by atoms with van der Waals surface area (Å²) in [7, 11) is 0. The van der Waals surface area contributed by atoms with Crippen LogP contribution in [-0.2, 0) is 0 Å². The number of rotatable bonds is 0. The van der Waals surface area contributed by atoms with Gasteiger partial charge in [0.05, 0.1) is 6.20 Å². The molecule has 2 rings (SSSR count). The highest BCUT2D eigenvalue weighted by Crippen LogP contribution is 2.22. The molecular weight excluding hydrogens is 144 g/mol. The number of hydrogen-bond donors (Lipinski definition) is 0. The number of nitrogens with zero attached hydrogens (tertiary/aromatic N) is 6. The van der Waals surface area contributed by atoms with E-state index in [4.69, 9.17) is 0 Å². The van der Waals surface area contributed by atoms with Gasteiger partial charge in [0.2, 0.25) is 0 Å². The van der Waals surface area contributed by atoms with E-state index in [1.54, 1.807) is 12.4 Å². The molecule has 0 atom stereocenters. The maximum atomic E-state index is 3.95. The summed E-state index contributed by atoms with van der Waals surface area (Å²) in [6.07, 6.45) is 5.21. The van der Waals surface area contributed by atoms with E-state index in [2.05, 4.69) is 15.2 Å². The summed E-state index contributed by atoms with van der Waals surface area (Å²) in [5.41, 5.74) is 1.76. The smallest absolute Gasteiger partial charge is 0.114 e. The van der Waals surface area contributed by atoms with Crippen molar-refractivity contribution in [3.8, 4) is 0 Å². The highest BCUT2D eigenvalue weighted by atomic mass is 15.2. The summed E-state index contributed by atoms with van der Waals surface area (Å²) >= 11 is 0. The second-order valence-corrected chi connectivity index (χ2v) is 1.56. The van der Waals surface area contributed by atoms with E-state index in [1.807, 2.05) is 6.08 Å². The van der Waals surface area contributed by atoms with Crippen LogP contribution in [0.3, 0.4) is 0 Å². The van der Waals surface area contributed by atoms with Crippen molar-refractivity contribution in [2.75, 3.05) is 0 Å². The van der Waals surface area contributed by atoms with Gasteiger partial charge in [0, 0.05) is 24.7 Å². The zero-order chi connectivity index (χ0) is 5.40. The molecule has 0 aliphatic carbocycles. The zero-order valence-corrected chi connectivity index (χ0v) is 5.42. The Balaban J connectivity index is 0. The predicted octanol–water partition coefficient (Wildman–Crippen LogP) is -0.180. The van der Waals surface area contributed by atoms with E-state index in [9.17, 15) is 0 Å². The third-order valence-electron chi connectivity index (χ3n) is 1.05. The summed E-state index contributed by atoms with van der Waals surface area (Å²) < 4.78 is 0. The molecule has 0 unspecified atom stereocenters. The van der Waals surface area contributed by atoms with Crippen LogP contribution in [0.5, 0.6) is 0 Å². The molecular formula is C5H3N6. The van der Waals surface area contributed by atoms with Crippen molar-refractivity contribution in [3.63, 3.8) is 0 Å². The highest BCUT2D eigenvalue weighted by Gasteiger charge is 2.09. The molecule has 0 N–H and O–H groups in total. The Morgan fingerprint density at radius 2 is 1.73 bits per heavy atom. The van der Waals surface area contributed by atoms with Gasteiger partial charge in [0.25, 0.3) is 0 Å². The average molecular weight is 147 g/mol. The third-order valence-corrected chi connectivity index (χ3v) is 1.05. The third kappa shape index (κ3) is 1.77. The molecule has 9 radical (unpaired) electrons. The van der Waals surface area contributed by atoms with Crippen molar-refractivity contribution in [1.29, 1.82) is 0 Å². The number of fused-ring (bicyclic) bond motifs is 1. The van der Waals surface area contributed by atoms with Crippen LogP contribution in [0.15, 0.2) is 38.9 Å². The molecule has 0 amide bonds. The Hall–Kier alpha value is -1.37. The fourth-order valence-corrected chi connectivity index (χ4v) is 0.669. The highest BCUT2D eigenvalue weighted by molar-refractivity contribution is 5.79. The molecule has 2 aliphatic heterocycles. The van der Waals surface area contributed by atoms with Crippen LogP contribution >= 0.6 is 0 Å². The summed E-state index contributed by atoms with van der Waals surface area (Å²) in [4.78, 5) is 3.95. The van der Waals surface area contributed by atoms with Crippen molar-refractivity contribution >= 4 is 6.21 Å². The summed E-state index contributed by atoms with van der Waals surface area (Å²) in [5, 5.41) is 7.42. The quantitative estimate of drug-likeness (QED) is 0.450. The van der Waals surface area contributed by atoms with E-state index < -0.39 is 0 Å². The van der Waals surface area contributed by atoms with Gasteiger partial charge in [-0.2, -0.15) is 5.11 Å². The lowest BCUT2D eigenvalue weighted by molar-refractivity contribution is 1.23. The molecule has 0 fully saturated rings. The molecule has 0 spiro atoms. The van der Waals surface area contributed by atoms with Crippen molar-refractivity contribution < 1.29 is 0 Å². The van der Waals surface area contributed by atoms with Crippen molar-refractivity contribution in [3.05, 3.63) is 23.7 Å². The van der Waals surface area contributed by atoms with Crippen LogP contribution in [0.1, 0.15) is 0 Å². The van der Waals surface area contributed by atoms with Gasteiger partial charge in [-0.05, 0) is 6.08 Å². The molecule has 2 heterocycles. The van der Waals surface area contributed by atoms with Crippen molar-refractivity contribution in [2.24, 2.45) is 15.2 Å². The standard InChI is InChI=1S/C5H3N3.3N/c1-2-6-5-3-7-8-4(1)5;;;/h1-3H;;;. The van der Waals surface area contributed by atoms with Crippen LogP contribution < -0.4 is 18.5 Å². The fourth-order valence-electron chi connectivity index (χ4n) is 0.669. The monoisotopic (exact) mass is 147 g/mol. The first-order valence-corrected chi connectivity index (χ1v) is 2.32. The summed E-state index contributed by atoms with van der Waals surface area (Å²) in [5.74, 6) is 0. The fraction of sp³-hybridized carbons (Fsp3) is 0. The Bertz CT molecular complexity index is 209. The van der Waals surface area contributed by atoms with Crippen LogP contribution in [0.4, 0.5) is 0 Å². The number of allylic oxidation sites excluding steroid dienone is 1. The van der Waals surface area contributed by atoms with Gasteiger partial charge in [-0.25, -0.2) is 0 Å². The van der Waals surface area contributed by atoms with Crippen LogP contribution in [0, 0.1) is 0 Å². The topological polar surface area (TPSA) is 129 Å². The van der Waals surface area contributed by atoms with Gasteiger partial charge in [-0.3, -0.25) is 4.99 Å². The lowest BCUT2D eigenvalue weighted by Crippen LogP contribution is -1.66.